The van der Waals surface area contributed by atoms with Gasteiger partial charge in [0.15, 0.2) is 0 Å². The summed E-state index contributed by atoms with van der Waals surface area (Å²) in [5.41, 5.74) is 0. The molecule has 0 aliphatic carbocycles. The summed E-state index contributed by atoms with van der Waals surface area (Å²) in [5, 5.41) is 10.1. The topological polar surface area (TPSA) is 49.8 Å². The van der Waals surface area contributed by atoms with E-state index in [1.807, 2.05) is 11.8 Å². The normalized spacial score (nSPS) is 21.3. The minimum absolute atomic E-state index is 0.0541. The van der Waals surface area contributed by atoms with Crippen LogP contribution in [0.3, 0.4) is 0 Å². The Morgan fingerprint density at radius 1 is 1.19 bits per heavy atom. The molecular formula is C17H33NO3. The number of rotatable bonds is 11. The molecule has 4 heteroatoms. The highest BCUT2D eigenvalue weighted by Crippen LogP contribution is 2.12. The Bertz CT molecular complexity index is 283. The number of unbranched alkanes of at least 4 members (excludes halogenated alkanes) is 7. The maximum absolute atomic E-state index is 11.3. The minimum Gasteiger partial charge on any atom is -0.460 e. The summed E-state index contributed by atoms with van der Waals surface area (Å²) in [5.74, 6) is -0.173. The van der Waals surface area contributed by atoms with Crippen LogP contribution in [0.2, 0.25) is 0 Å². The van der Waals surface area contributed by atoms with Gasteiger partial charge in [-0.3, -0.25) is 9.69 Å². The Morgan fingerprint density at radius 3 is 2.43 bits per heavy atom. The fourth-order valence-electron chi connectivity index (χ4n) is 2.95. The number of cyclic esters (lactones) is 1. The second kappa shape index (κ2) is 11.0. The van der Waals surface area contributed by atoms with Crippen molar-refractivity contribution in [2.45, 2.75) is 83.8 Å². The van der Waals surface area contributed by atoms with E-state index in [2.05, 4.69) is 6.92 Å². The van der Waals surface area contributed by atoms with Crippen LogP contribution >= 0.6 is 0 Å². The molecule has 0 aromatic carbocycles. The van der Waals surface area contributed by atoms with Gasteiger partial charge in [-0.1, -0.05) is 58.3 Å². The Kier molecular flexibility index (Phi) is 9.68. The van der Waals surface area contributed by atoms with Crippen LogP contribution in [0.25, 0.3) is 0 Å². The van der Waals surface area contributed by atoms with Crippen molar-refractivity contribution in [3.63, 3.8) is 0 Å². The minimum atomic E-state index is -0.316. The van der Waals surface area contributed by atoms with Crippen molar-refractivity contribution in [2.24, 2.45) is 0 Å². The molecule has 1 aliphatic heterocycles. The van der Waals surface area contributed by atoms with E-state index in [1.165, 1.54) is 44.9 Å². The SMILES string of the molecule is CCCCCCCCCCC(O)CN1CC(=O)OC(C)C1. The van der Waals surface area contributed by atoms with E-state index in [9.17, 15) is 9.90 Å². The lowest BCUT2D eigenvalue weighted by Crippen LogP contribution is -2.46. The molecule has 124 valence electrons. The molecule has 0 amide bonds. The number of hydrogen-bond donors (Lipinski definition) is 1. The van der Waals surface area contributed by atoms with Crippen molar-refractivity contribution in [3.8, 4) is 0 Å². The predicted octanol–water partition coefficient (Wildman–Crippen LogP) is 3.13. The van der Waals surface area contributed by atoms with Crippen molar-refractivity contribution in [1.82, 2.24) is 4.90 Å². The van der Waals surface area contributed by atoms with Crippen LogP contribution in [-0.4, -0.2) is 47.8 Å². The summed E-state index contributed by atoms with van der Waals surface area (Å²) >= 11 is 0. The number of hydrogen-bond acceptors (Lipinski definition) is 4. The highest BCUT2D eigenvalue weighted by Gasteiger charge is 2.24. The highest BCUT2D eigenvalue weighted by molar-refractivity contribution is 5.72. The molecule has 0 spiro atoms. The first-order chi connectivity index (χ1) is 10.1. The molecule has 0 saturated carbocycles. The smallest absolute Gasteiger partial charge is 0.320 e. The average molecular weight is 299 g/mol. The van der Waals surface area contributed by atoms with Gasteiger partial charge in [-0.2, -0.15) is 0 Å². The van der Waals surface area contributed by atoms with Crippen LogP contribution in [0.1, 0.15) is 71.6 Å². The van der Waals surface area contributed by atoms with E-state index in [0.29, 0.717) is 13.1 Å². The van der Waals surface area contributed by atoms with Crippen molar-refractivity contribution >= 4 is 5.97 Å². The molecule has 0 radical (unpaired) electrons. The first kappa shape index (κ1) is 18.4. The number of carbonyl (C=O) groups is 1. The lowest BCUT2D eigenvalue weighted by molar-refractivity contribution is -0.158. The predicted molar refractivity (Wildman–Crippen MR) is 85.2 cm³/mol. The third-order valence-electron chi connectivity index (χ3n) is 4.06. The van der Waals surface area contributed by atoms with E-state index in [0.717, 1.165) is 19.4 Å². The fourth-order valence-corrected chi connectivity index (χ4v) is 2.95. The molecule has 2 unspecified atom stereocenters. The average Bonchev–Trinajstić information content (AvgIpc) is 2.40. The lowest BCUT2D eigenvalue weighted by Gasteiger charge is -2.31. The summed E-state index contributed by atoms with van der Waals surface area (Å²) in [7, 11) is 0. The second-order valence-corrected chi connectivity index (χ2v) is 6.41. The largest absolute Gasteiger partial charge is 0.460 e. The van der Waals surface area contributed by atoms with Crippen molar-refractivity contribution < 1.29 is 14.6 Å². The van der Waals surface area contributed by atoms with Crippen LogP contribution in [0.4, 0.5) is 0 Å². The summed E-state index contributed by atoms with van der Waals surface area (Å²) in [4.78, 5) is 13.3. The summed E-state index contributed by atoms with van der Waals surface area (Å²) in [6, 6.07) is 0. The number of nitrogens with zero attached hydrogens (tertiary/aromatic N) is 1. The Balaban J connectivity index is 1.98. The van der Waals surface area contributed by atoms with E-state index in [-0.39, 0.29) is 18.2 Å². The Morgan fingerprint density at radius 2 is 1.81 bits per heavy atom. The molecule has 1 N–H and O–H groups in total. The highest BCUT2D eigenvalue weighted by atomic mass is 16.5. The molecule has 0 bridgehead atoms. The lowest BCUT2D eigenvalue weighted by atomic mass is 10.1. The zero-order valence-electron chi connectivity index (χ0n) is 13.9. The van der Waals surface area contributed by atoms with Gasteiger partial charge >= 0.3 is 5.97 Å². The van der Waals surface area contributed by atoms with Gasteiger partial charge in [-0.05, 0) is 13.3 Å². The quantitative estimate of drug-likeness (QED) is 0.470. The van der Waals surface area contributed by atoms with Gasteiger partial charge in [0.2, 0.25) is 0 Å². The molecule has 0 aromatic heterocycles. The van der Waals surface area contributed by atoms with Crippen LogP contribution < -0.4 is 0 Å². The van der Waals surface area contributed by atoms with E-state index in [1.54, 1.807) is 0 Å². The zero-order valence-corrected chi connectivity index (χ0v) is 13.9. The summed E-state index contributed by atoms with van der Waals surface area (Å²) in [6.07, 6.45) is 10.7. The van der Waals surface area contributed by atoms with Gasteiger partial charge in [0, 0.05) is 13.1 Å². The molecule has 0 aromatic rings. The monoisotopic (exact) mass is 299 g/mol. The number of morpholine rings is 1. The molecular weight excluding hydrogens is 266 g/mol. The van der Waals surface area contributed by atoms with Gasteiger partial charge in [-0.15, -0.1) is 0 Å². The maximum atomic E-state index is 11.3. The van der Waals surface area contributed by atoms with E-state index >= 15 is 0 Å². The summed E-state index contributed by atoms with van der Waals surface area (Å²) < 4.78 is 5.09. The van der Waals surface area contributed by atoms with E-state index in [4.69, 9.17) is 4.74 Å². The van der Waals surface area contributed by atoms with Crippen molar-refractivity contribution in [1.29, 1.82) is 0 Å². The number of ether oxygens (including phenoxy) is 1. The van der Waals surface area contributed by atoms with Crippen molar-refractivity contribution in [3.05, 3.63) is 0 Å². The van der Waals surface area contributed by atoms with E-state index < -0.39 is 0 Å². The van der Waals surface area contributed by atoms with Crippen LogP contribution in [0.15, 0.2) is 0 Å². The van der Waals surface area contributed by atoms with Crippen LogP contribution in [0, 0.1) is 0 Å². The number of carbonyl (C=O) groups excluding carboxylic acids is 1. The molecule has 1 aliphatic rings. The third-order valence-corrected chi connectivity index (χ3v) is 4.06. The Hall–Kier alpha value is -0.610. The summed E-state index contributed by atoms with van der Waals surface area (Å²) in [6.45, 7) is 5.79. The fraction of sp³-hybridized carbons (Fsp3) is 0.941. The zero-order chi connectivity index (χ0) is 15.5. The number of β-amino-alcohol motifs (C(OH)–C–C–N with tert-alkyl or cyclic N) is 1. The first-order valence-electron chi connectivity index (χ1n) is 8.71. The third kappa shape index (κ3) is 9.10. The molecule has 4 nitrogen and oxygen atoms in total. The van der Waals surface area contributed by atoms with Crippen molar-refractivity contribution in [2.75, 3.05) is 19.6 Å². The number of aliphatic hydroxyl groups is 1. The van der Waals surface area contributed by atoms with Crippen LogP contribution in [0.5, 0.6) is 0 Å². The molecule has 1 heterocycles. The standard InChI is InChI=1S/C17H33NO3/c1-3-4-5-6-7-8-9-10-11-16(19)13-18-12-15(2)21-17(20)14-18/h15-16,19H,3-14H2,1-2H3. The molecule has 21 heavy (non-hydrogen) atoms. The van der Waals surface area contributed by atoms with Gasteiger partial charge < -0.3 is 9.84 Å². The molecule has 1 saturated heterocycles. The van der Waals surface area contributed by atoms with Crippen LogP contribution in [-0.2, 0) is 9.53 Å². The molecule has 1 fully saturated rings. The first-order valence-corrected chi connectivity index (χ1v) is 8.71. The van der Waals surface area contributed by atoms with Gasteiger partial charge in [-0.25, -0.2) is 0 Å². The second-order valence-electron chi connectivity index (χ2n) is 6.41. The maximum Gasteiger partial charge on any atom is 0.320 e. The Labute approximate surface area is 129 Å². The molecule has 2 atom stereocenters. The van der Waals surface area contributed by atoms with Gasteiger partial charge in [0.05, 0.1) is 12.6 Å². The number of aliphatic hydroxyl groups excluding tert-OH is 1. The number of esters is 1. The van der Waals surface area contributed by atoms with Gasteiger partial charge in [0.1, 0.15) is 6.10 Å². The van der Waals surface area contributed by atoms with Gasteiger partial charge in [0.25, 0.3) is 0 Å². The molecule has 1 rings (SSSR count).